The Hall–Kier alpha value is -3.49. The van der Waals surface area contributed by atoms with Gasteiger partial charge in [0.2, 0.25) is 0 Å². The molecule has 1 aliphatic heterocycles. The van der Waals surface area contributed by atoms with Crippen molar-refractivity contribution >= 4 is 57.6 Å². The molecule has 1 saturated heterocycles. The number of hydrogen-bond donors (Lipinski definition) is 1. The molecule has 166 valence electrons. The molecule has 5 nitrogen and oxygen atoms in total. The van der Waals surface area contributed by atoms with Crippen molar-refractivity contribution in [2.45, 2.75) is 6.92 Å². The van der Waals surface area contributed by atoms with E-state index in [-0.39, 0.29) is 17.6 Å². The highest BCUT2D eigenvalue weighted by Crippen LogP contribution is 2.37. The van der Waals surface area contributed by atoms with E-state index in [4.69, 9.17) is 17.0 Å². The molecule has 0 aliphatic carbocycles. The molecule has 1 fully saturated rings. The second-order valence-electron chi connectivity index (χ2n) is 7.25. The van der Waals surface area contributed by atoms with Crippen LogP contribution in [0.3, 0.4) is 0 Å². The van der Waals surface area contributed by atoms with Crippen LogP contribution in [0.2, 0.25) is 0 Å². The Morgan fingerprint density at radius 3 is 2.58 bits per heavy atom. The predicted molar refractivity (Wildman–Crippen MR) is 134 cm³/mol. The zero-order chi connectivity index (χ0) is 23.5. The number of nitrogens with zero attached hydrogens (tertiary/aromatic N) is 1. The van der Waals surface area contributed by atoms with E-state index in [2.05, 4.69) is 5.32 Å². The molecule has 0 radical (unpaired) electrons. The largest absolute Gasteiger partial charge is 0.497 e. The molecule has 1 N–H and O–H groups in total. The number of hydrogen-bond acceptors (Lipinski definition) is 5. The van der Waals surface area contributed by atoms with Crippen molar-refractivity contribution in [2.24, 2.45) is 0 Å². The van der Waals surface area contributed by atoms with E-state index in [0.717, 1.165) is 16.9 Å². The number of halogens is 1. The maximum atomic E-state index is 13.1. The molecule has 1 aliphatic rings. The number of methoxy groups -OCH3 is 1. The topological polar surface area (TPSA) is 58.6 Å². The zero-order valence-electron chi connectivity index (χ0n) is 17.8. The van der Waals surface area contributed by atoms with E-state index in [0.29, 0.717) is 26.2 Å². The van der Waals surface area contributed by atoms with E-state index >= 15 is 0 Å². The van der Waals surface area contributed by atoms with E-state index in [9.17, 15) is 14.0 Å². The molecule has 4 rings (SSSR count). The fraction of sp³-hybridized carbons (Fsp3) is 0.0800. The molecule has 0 aromatic heterocycles. The molecule has 0 saturated carbocycles. The van der Waals surface area contributed by atoms with Crippen molar-refractivity contribution in [3.8, 4) is 5.75 Å². The van der Waals surface area contributed by atoms with Crippen LogP contribution in [0.5, 0.6) is 5.75 Å². The molecule has 33 heavy (non-hydrogen) atoms. The van der Waals surface area contributed by atoms with Crippen molar-refractivity contribution < 1.29 is 18.7 Å². The summed E-state index contributed by atoms with van der Waals surface area (Å²) in [5.41, 5.74) is 3.18. The lowest BCUT2D eigenvalue weighted by Gasteiger charge is -2.15. The summed E-state index contributed by atoms with van der Waals surface area (Å²) in [5.74, 6) is -0.273. The highest BCUT2D eigenvalue weighted by molar-refractivity contribution is 8.27. The molecule has 1 heterocycles. The molecular weight excluding hydrogens is 459 g/mol. The molecule has 0 bridgehead atoms. The summed E-state index contributed by atoms with van der Waals surface area (Å²) in [4.78, 5) is 27.7. The van der Waals surface area contributed by atoms with Crippen molar-refractivity contribution in [1.29, 1.82) is 0 Å². The van der Waals surface area contributed by atoms with Gasteiger partial charge in [-0.05, 0) is 78.7 Å². The van der Waals surface area contributed by atoms with Gasteiger partial charge in [0.1, 0.15) is 11.6 Å². The van der Waals surface area contributed by atoms with Crippen LogP contribution in [0.1, 0.15) is 21.5 Å². The highest BCUT2D eigenvalue weighted by Gasteiger charge is 2.33. The molecule has 3 aromatic carbocycles. The standard InChI is InChI=1S/C25H19FN2O3S2/c1-15-12-21(31-2)11-6-16(15)14-22-24(30)28(25(32)33-22)20-5-3-4-17(13-20)23(29)27-19-9-7-18(26)8-10-19/h3-14H,1-2H3,(H,27,29)/b22-14+. The van der Waals surface area contributed by atoms with Crippen molar-refractivity contribution in [3.63, 3.8) is 0 Å². The summed E-state index contributed by atoms with van der Waals surface area (Å²) in [6, 6.07) is 17.8. The van der Waals surface area contributed by atoms with E-state index in [1.165, 1.54) is 40.9 Å². The summed E-state index contributed by atoms with van der Waals surface area (Å²) in [5, 5.41) is 2.71. The number of anilines is 2. The number of ether oxygens (including phenoxy) is 1. The average Bonchev–Trinajstić information content (AvgIpc) is 3.09. The van der Waals surface area contributed by atoms with Crippen LogP contribution in [-0.4, -0.2) is 23.2 Å². The number of aryl methyl sites for hydroxylation is 1. The van der Waals surface area contributed by atoms with Gasteiger partial charge in [0, 0.05) is 11.3 Å². The maximum Gasteiger partial charge on any atom is 0.270 e. The number of nitrogens with one attached hydrogen (secondary N) is 1. The first-order chi connectivity index (χ1) is 15.9. The molecular formula is C25H19FN2O3S2. The number of benzene rings is 3. The molecule has 0 spiro atoms. The minimum Gasteiger partial charge on any atom is -0.497 e. The third kappa shape index (κ3) is 4.97. The Morgan fingerprint density at radius 1 is 1.12 bits per heavy atom. The van der Waals surface area contributed by atoms with Gasteiger partial charge in [-0.1, -0.05) is 36.1 Å². The number of thioether (sulfide) groups is 1. The Morgan fingerprint density at radius 2 is 1.88 bits per heavy atom. The Kier molecular flexibility index (Phi) is 6.57. The third-order valence-electron chi connectivity index (χ3n) is 5.03. The monoisotopic (exact) mass is 478 g/mol. The molecule has 2 amide bonds. The van der Waals surface area contributed by atoms with Gasteiger partial charge < -0.3 is 10.1 Å². The Bertz CT molecular complexity index is 1290. The number of carbonyl (C=O) groups excluding carboxylic acids is 2. The van der Waals surface area contributed by atoms with E-state index in [1.54, 1.807) is 37.5 Å². The zero-order valence-corrected chi connectivity index (χ0v) is 19.4. The predicted octanol–water partition coefficient (Wildman–Crippen LogP) is 5.80. The van der Waals surface area contributed by atoms with Crippen LogP contribution < -0.4 is 15.0 Å². The summed E-state index contributed by atoms with van der Waals surface area (Å²) in [7, 11) is 1.60. The lowest BCUT2D eigenvalue weighted by molar-refractivity contribution is -0.113. The van der Waals surface area contributed by atoms with Crippen molar-refractivity contribution in [1.82, 2.24) is 0 Å². The van der Waals surface area contributed by atoms with Crippen molar-refractivity contribution in [3.05, 3.63) is 94.1 Å². The van der Waals surface area contributed by atoms with Crippen LogP contribution in [0.15, 0.2) is 71.6 Å². The molecule has 3 aromatic rings. The van der Waals surface area contributed by atoms with E-state index < -0.39 is 0 Å². The fourth-order valence-corrected chi connectivity index (χ4v) is 4.58. The minimum absolute atomic E-state index is 0.253. The van der Waals surface area contributed by atoms with E-state index in [1.807, 2.05) is 25.1 Å². The summed E-state index contributed by atoms with van der Waals surface area (Å²) in [6.07, 6.45) is 1.80. The highest BCUT2D eigenvalue weighted by atomic mass is 32.2. The SMILES string of the molecule is COc1ccc(/C=C2/SC(=S)N(c3cccc(C(=O)Nc4ccc(F)cc4)c3)C2=O)c(C)c1. The number of thiocarbonyl (C=S) groups is 1. The Labute approximate surface area is 200 Å². The molecule has 0 atom stereocenters. The summed E-state index contributed by atoms with van der Waals surface area (Å²) >= 11 is 6.67. The van der Waals surface area contributed by atoms with Crippen LogP contribution in [-0.2, 0) is 4.79 Å². The average molecular weight is 479 g/mol. The van der Waals surface area contributed by atoms with Gasteiger partial charge in [-0.2, -0.15) is 0 Å². The smallest absolute Gasteiger partial charge is 0.270 e. The number of carbonyl (C=O) groups is 2. The van der Waals surface area contributed by atoms with Gasteiger partial charge in [0.25, 0.3) is 11.8 Å². The number of rotatable bonds is 5. The van der Waals surface area contributed by atoms with Gasteiger partial charge in [-0.15, -0.1) is 0 Å². The normalized spacial score (nSPS) is 14.6. The molecule has 8 heteroatoms. The second-order valence-corrected chi connectivity index (χ2v) is 8.93. The van der Waals surface area contributed by atoms with Crippen molar-refractivity contribution in [2.75, 3.05) is 17.3 Å². The maximum absolute atomic E-state index is 13.1. The number of amides is 2. The quantitative estimate of drug-likeness (QED) is 0.371. The van der Waals surface area contributed by atoms with Crippen LogP contribution in [0.25, 0.3) is 6.08 Å². The van der Waals surface area contributed by atoms with Gasteiger partial charge >= 0.3 is 0 Å². The second kappa shape index (κ2) is 9.56. The van der Waals surface area contributed by atoms with Gasteiger partial charge in [0.15, 0.2) is 4.32 Å². The van der Waals surface area contributed by atoms with Gasteiger partial charge in [-0.3, -0.25) is 14.5 Å². The first-order valence-electron chi connectivity index (χ1n) is 9.95. The lowest BCUT2D eigenvalue weighted by Crippen LogP contribution is -2.27. The minimum atomic E-state index is -0.387. The van der Waals surface area contributed by atoms with Gasteiger partial charge in [0.05, 0.1) is 17.7 Å². The Balaban J connectivity index is 1.57. The van der Waals surface area contributed by atoms with Crippen LogP contribution >= 0.6 is 24.0 Å². The third-order valence-corrected chi connectivity index (χ3v) is 6.33. The summed E-state index contributed by atoms with van der Waals surface area (Å²) in [6.45, 7) is 1.94. The van der Waals surface area contributed by atoms with Crippen LogP contribution in [0, 0.1) is 12.7 Å². The molecule has 0 unspecified atom stereocenters. The first-order valence-corrected chi connectivity index (χ1v) is 11.2. The summed E-state index contributed by atoms with van der Waals surface area (Å²) < 4.78 is 18.7. The van der Waals surface area contributed by atoms with Crippen LogP contribution in [0.4, 0.5) is 15.8 Å². The fourth-order valence-electron chi connectivity index (χ4n) is 3.29. The van der Waals surface area contributed by atoms with Gasteiger partial charge in [-0.25, -0.2) is 4.39 Å². The lowest BCUT2D eigenvalue weighted by atomic mass is 10.1. The first kappa shape index (κ1) is 22.7.